The third-order valence-corrected chi connectivity index (χ3v) is 3.97. The van der Waals surface area contributed by atoms with Gasteiger partial charge in [0.05, 0.1) is 30.9 Å². The van der Waals surface area contributed by atoms with Crippen molar-refractivity contribution in [2.45, 2.75) is 25.9 Å². The minimum Gasteiger partial charge on any atom is -0.497 e. The minimum atomic E-state index is -0.847. The van der Waals surface area contributed by atoms with Crippen molar-refractivity contribution in [1.82, 2.24) is 0 Å². The Bertz CT molecular complexity index is 836. The molecule has 0 amide bonds. The van der Waals surface area contributed by atoms with E-state index in [1.807, 2.05) is 6.92 Å². The number of esters is 1. The molecule has 0 saturated carbocycles. The number of hydrogen-bond acceptors (Lipinski definition) is 6. The molecule has 24 heavy (non-hydrogen) atoms. The Morgan fingerprint density at radius 3 is 2.54 bits per heavy atom. The summed E-state index contributed by atoms with van der Waals surface area (Å²) in [5.74, 6) is 0.993. The SMILES string of the molecule is CCCc1cc(=O)c([C@@H]2OC(=O)c3cc(OC)cc(OC)c32)co1. The average molecular weight is 330 g/mol. The van der Waals surface area contributed by atoms with Crippen LogP contribution in [-0.2, 0) is 11.2 Å². The zero-order valence-electron chi connectivity index (χ0n) is 13.8. The summed E-state index contributed by atoms with van der Waals surface area (Å²) in [5.41, 5.74) is 0.880. The maximum Gasteiger partial charge on any atom is 0.339 e. The third kappa shape index (κ3) is 2.64. The van der Waals surface area contributed by atoms with Crippen LogP contribution in [0.2, 0.25) is 0 Å². The van der Waals surface area contributed by atoms with Crippen LogP contribution in [0.25, 0.3) is 0 Å². The molecular formula is C18H18O6. The smallest absolute Gasteiger partial charge is 0.339 e. The lowest BCUT2D eigenvalue weighted by atomic mass is 9.98. The Morgan fingerprint density at radius 2 is 1.92 bits per heavy atom. The normalized spacial score (nSPS) is 15.8. The van der Waals surface area contributed by atoms with E-state index in [4.69, 9.17) is 18.6 Å². The van der Waals surface area contributed by atoms with E-state index < -0.39 is 12.1 Å². The first kappa shape index (κ1) is 16.1. The molecule has 1 aromatic heterocycles. The second kappa shape index (κ2) is 6.39. The van der Waals surface area contributed by atoms with Crippen molar-refractivity contribution in [3.8, 4) is 11.5 Å². The zero-order valence-corrected chi connectivity index (χ0v) is 13.8. The lowest BCUT2D eigenvalue weighted by molar-refractivity contribution is 0.0450. The van der Waals surface area contributed by atoms with Crippen molar-refractivity contribution >= 4 is 5.97 Å². The first-order valence-electron chi connectivity index (χ1n) is 7.67. The molecule has 1 aliphatic heterocycles. The van der Waals surface area contributed by atoms with Gasteiger partial charge in [0, 0.05) is 18.6 Å². The predicted octanol–water partition coefficient (Wildman–Crippen LogP) is 2.87. The second-order valence-corrected chi connectivity index (χ2v) is 5.49. The van der Waals surface area contributed by atoms with E-state index in [1.54, 1.807) is 12.1 Å². The van der Waals surface area contributed by atoms with Gasteiger partial charge < -0.3 is 18.6 Å². The van der Waals surface area contributed by atoms with Crippen LogP contribution < -0.4 is 14.9 Å². The number of cyclic esters (lactones) is 1. The molecule has 2 aromatic rings. The molecule has 6 nitrogen and oxygen atoms in total. The molecule has 3 rings (SSSR count). The molecule has 1 atom stereocenters. The van der Waals surface area contributed by atoms with Gasteiger partial charge in [0.15, 0.2) is 11.5 Å². The maximum absolute atomic E-state index is 12.4. The van der Waals surface area contributed by atoms with Crippen LogP contribution in [0.4, 0.5) is 0 Å². The fraction of sp³-hybridized carbons (Fsp3) is 0.333. The van der Waals surface area contributed by atoms with Crippen LogP contribution >= 0.6 is 0 Å². The summed E-state index contributed by atoms with van der Waals surface area (Å²) in [7, 11) is 2.99. The van der Waals surface area contributed by atoms with Crippen LogP contribution in [0.1, 0.15) is 46.7 Å². The fourth-order valence-corrected chi connectivity index (χ4v) is 2.81. The van der Waals surface area contributed by atoms with Crippen LogP contribution in [0.15, 0.2) is 33.7 Å². The highest BCUT2D eigenvalue weighted by Gasteiger charge is 2.37. The Hall–Kier alpha value is -2.76. The Kier molecular flexibility index (Phi) is 4.29. The lowest BCUT2D eigenvalue weighted by Crippen LogP contribution is -2.14. The standard InChI is InChI=1S/C18H18O6/c1-4-5-10-7-14(19)13(9-23-10)17-16-12(18(20)24-17)6-11(21-2)8-15(16)22-3/h6-9,17H,4-5H2,1-3H3/t17-/m0/s1. The molecule has 0 aliphatic carbocycles. The Labute approximate surface area is 139 Å². The van der Waals surface area contributed by atoms with Gasteiger partial charge in [0.25, 0.3) is 0 Å². The largest absolute Gasteiger partial charge is 0.497 e. The van der Waals surface area contributed by atoms with E-state index in [0.29, 0.717) is 34.8 Å². The van der Waals surface area contributed by atoms with Gasteiger partial charge in [0.2, 0.25) is 0 Å². The zero-order chi connectivity index (χ0) is 17.3. The summed E-state index contributed by atoms with van der Waals surface area (Å²) in [4.78, 5) is 24.6. The molecule has 0 unspecified atom stereocenters. The summed E-state index contributed by atoms with van der Waals surface area (Å²) in [6.07, 6.45) is 2.07. The second-order valence-electron chi connectivity index (χ2n) is 5.49. The summed E-state index contributed by atoms with van der Waals surface area (Å²) in [6.45, 7) is 2.00. The minimum absolute atomic E-state index is 0.228. The van der Waals surface area contributed by atoms with E-state index in [0.717, 1.165) is 6.42 Å². The van der Waals surface area contributed by atoms with Gasteiger partial charge in [-0.1, -0.05) is 6.92 Å². The van der Waals surface area contributed by atoms with E-state index in [9.17, 15) is 9.59 Å². The lowest BCUT2D eigenvalue weighted by Gasteiger charge is -2.14. The molecular weight excluding hydrogens is 312 g/mol. The average Bonchev–Trinajstić information content (AvgIpc) is 2.91. The number of carbonyl (C=O) groups is 1. The van der Waals surface area contributed by atoms with Crippen LogP contribution in [0.3, 0.4) is 0 Å². The third-order valence-electron chi connectivity index (χ3n) is 3.97. The van der Waals surface area contributed by atoms with Crippen LogP contribution in [0.5, 0.6) is 11.5 Å². The van der Waals surface area contributed by atoms with E-state index in [1.165, 1.54) is 26.5 Å². The monoisotopic (exact) mass is 330 g/mol. The molecule has 0 spiro atoms. The predicted molar refractivity (Wildman–Crippen MR) is 85.8 cm³/mol. The van der Waals surface area contributed by atoms with Crippen LogP contribution in [-0.4, -0.2) is 20.2 Å². The van der Waals surface area contributed by atoms with Gasteiger partial charge >= 0.3 is 5.97 Å². The molecule has 6 heteroatoms. The van der Waals surface area contributed by atoms with Crippen molar-refractivity contribution in [3.63, 3.8) is 0 Å². The van der Waals surface area contributed by atoms with E-state index in [-0.39, 0.29) is 11.0 Å². The highest BCUT2D eigenvalue weighted by molar-refractivity contribution is 5.96. The molecule has 2 heterocycles. The van der Waals surface area contributed by atoms with Gasteiger partial charge in [-0.05, 0) is 12.5 Å². The number of fused-ring (bicyclic) bond motifs is 1. The molecule has 126 valence electrons. The highest BCUT2D eigenvalue weighted by Crippen LogP contribution is 2.42. The first-order chi connectivity index (χ1) is 11.6. The van der Waals surface area contributed by atoms with Gasteiger partial charge in [0.1, 0.15) is 23.5 Å². The quantitative estimate of drug-likeness (QED) is 0.785. The number of carbonyl (C=O) groups excluding carboxylic acids is 1. The summed E-state index contributed by atoms with van der Waals surface area (Å²) >= 11 is 0. The molecule has 0 radical (unpaired) electrons. The van der Waals surface area contributed by atoms with E-state index in [2.05, 4.69) is 0 Å². The molecule has 1 aromatic carbocycles. The topological polar surface area (TPSA) is 75.0 Å². The van der Waals surface area contributed by atoms with Crippen molar-refractivity contribution in [3.05, 3.63) is 57.1 Å². The number of hydrogen-bond donors (Lipinski definition) is 0. The molecule has 0 N–H and O–H groups in total. The molecule has 0 bridgehead atoms. The number of ether oxygens (including phenoxy) is 3. The number of rotatable bonds is 5. The van der Waals surface area contributed by atoms with Crippen molar-refractivity contribution in [1.29, 1.82) is 0 Å². The number of aryl methyl sites for hydroxylation is 1. The van der Waals surface area contributed by atoms with E-state index >= 15 is 0 Å². The molecule has 0 fully saturated rings. The Morgan fingerprint density at radius 1 is 1.12 bits per heavy atom. The van der Waals surface area contributed by atoms with Crippen molar-refractivity contribution in [2.24, 2.45) is 0 Å². The number of benzene rings is 1. The van der Waals surface area contributed by atoms with Crippen molar-refractivity contribution < 1.29 is 23.4 Å². The van der Waals surface area contributed by atoms with Gasteiger partial charge in [-0.2, -0.15) is 0 Å². The van der Waals surface area contributed by atoms with Gasteiger partial charge in [-0.15, -0.1) is 0 Å². The molecule has 1 aliphatic rings. The fourth-order valence-electron chi connectivity index (χ4n) is 2.81. The van der Waals surface area contributed by atoms with Crippen LogP contribution in [0, 0.1) is 0 Å². The first-order valence-corrected chi connectivity index (χ1v) is 7.67. The summed E-state index contributed by atoms with van der Waals surface area (Å²) < 4.78 is 21.4. The van der Waals surface area contributed by atoms with Crippen molar-refractivity contribution in [2.75, 3.05) is 14.2 Å². The summed E-state index contributed by atoms with van der Waals surface area (Å²) in [6, 6.07) is 4.68. The van der Waals surface area contributed by atoms with Gasteiger partial charge in [-0.25, -0.2) is 4.79 Å². The summed E-state index contributed by atoms with van der Waals surface area (Å²) in [5, 5.41) is 0. The number of methoxy groups -OCH3 is 2. The van der Waals surface area contributed by atoms with Gasteiger partial charge in [-0.3, -0.25) is 4.79 Å². The maximum atomic E-state index is 12.4. The molecule has 0 saturated heterocycles. The highest BCUT2D eigenvalue weighted by atomic mass is 16.6. The Balaban J connectivity index is 2.11.